The number of aromatic nitrogens is 1. The van der Waals surface area contributed by atoms with Crippen molar-refractivity contribution >= 4 is 34.9 Å². The maximum atomic E-state index is 13.4. The van der Waals surface area contributed by atoms with Crippen molar-refractivity contribution in [1.29, 1.82) is 0 Å². The highest BCUT2D eigenvalue weighted by atomic mass is 35.5. The van der Waals surface area contributed by atoms with Gasteiger partial charge in [-0.1, -0.05) is 41.9 Å². The molecular formula is C27H26Cl2F2N2O. The number of hydrogen-bond acceptors (Lipinski definition) is 2. The smallest absolute Gasteiger partial charge is 0.123 e. The third kappa shape index (κ3) is 4.98. The molecule has 2 unspecified atom stereocenters. The summed E-state index contributed by atoms with van der Waals surface area (Å²) in [7, 11) is 0. The van der Waals surface area contributed by atoms with Crippen LogP contribution in [-0.2, 0) is 13.0 Å². The lowest BCUT2D eigenvalue weighted by Gasteiger charge is -2.25. The lowest BCUT2D eigenvalue weighted by atomic mass is 9.93. The van der Waals surface area contributed by atoms with E-state index in [1.54, 1.807) is 24.3 Å². The molecule has 2 atom stereocenters. The maximum absolute atomic E-state index is 13.4. The Hall–Kier alpha value is -2.44. The van der Waals surface area contributed by atoms with Gasteiger partial charge in [0.2, 0.25) is 0 Å². The summed E-state index contributed by atoms with van der Waals surface area (Å²) in [6.07, 6.45) is 2.66. The van der Waals surface area contributed by atoms with E-state index in [2.05, 4.69) is 10.3 Å². The number of aliphatic hydroxyl groups excluding tert-OH is 1. The van der Waals surface area contributed by atoms with E-state index in [9.17, 15) is 13.9 Å². The molecular weight excluding hydrogens is 477 g/mol. The summed E-state index contributed by atoms with van der Waals surface area (Å²) in [5.41, 5.74) is 6.02. The lowest BCUT2D eigenvalue weighted by Crippen LogP contribution is -2.35. The Morgan fingerprint density at radius 1 is 0.971 bits per heavy atom. The number of aromatic amines is 1. The Labute approximate surface area is 208 Å². The van der Waals surface area contributed by atoms with E-state index in [4.69, 9.17) is 11.6 Å². The molecule has 0 aliphatic carbocycles. The van der Waals surface area contributed by atoms with Crippen LogP contribution in [0.15, 0.2) is 60.7 Å². The second-order valence-electron chi connectivity index (χ2n) is 8.71. The van der Waals surface area contributed by atoms with E-state index in [-0.39, 0.29) is 24.0 Å². The fourth-order valence-corrected chi connectivity index (χ4v) is 5.01. The van der Waals surface area contributed by atoms with Gasteiger partial charge in [-0.3, -0.25) is 0 Å². The third-order valence-electron chi connectivity index (χ3n) is 6.55. The van der Waals surface area contributed by atoms with Crippen molar-refractivity contribution in [2.24, 2.45) is 0 Å². The van der Waals surface area contributed by atoms with Crippen molar-refractivity contribution in [3.05, 3.63) is 94.1 Å². The normalized spacial score (nSPS) is 16.2. The molecule has 0 bridgehead atoms. The van der Waals surface area contributed by atoms with Crippen molar-refractivity contribution in [1.82, 2.24) is 10.3 Å². The fourth-order valence-electron chi connectivity index (χ4n) is 4.81. The predicted molar refractivity (Wildman–Crippen MR) is 135 cm³/mol. The first kappa shape index (κ1) is 24.7. The van der Waals surface area contributed by atoms with E-state index >= 15 is 0 Å². The topological polar surface area (TPSA) is 48.0 Å². The van der Waals surface area contributed by atoms with Crippen LogP contribution in [0, 0.1) is 11.6 Å². The number of halogens is 4. The molecule has 0 fully saturated rings. The minimum Gasteiger partial charge on any atom is -0.388 e. The molecule has 34 heavy (non-hydrogen) atoms. The standard InChI is InChI=1S/C27H25ClF2N2O.ClH/c28-23-13-12-21(16-4-8-18(29)9-5-16)26-22-15-31-20(14-24(22)32-27(23)26)2-1-3-25(33)17-6-10-19(30)11-7-17;/h4-13,20,25,31-33H,1-3,14-15H2;1H. The predicted octanol–water partition coefficient (Wildman–Crippen LogP) is 7.11. The van der Waals surface area contributed by atoms with Crippen LogP contribution < -0.4 is 5.32 Å². The van der Waals surface area contributed by atoms with Crippen molar-refractivity contribution in [2.75, 3.05) is 0 Å². The van der Waals surface area contributed by atoms with Crippen LogP contribution >= 0.6 is 24.0 Å². The largest absolute Gasteiger partial charge is 0.388 e. The molecule has 0 saturated heterocycles. The van der Waals surface area contributed by atoms with Gasteiger partial charge in [-0.25, -0.2) is 8.78 Å². The average Bonchev–Trinajstić information content (AvgIpc) is 3.20. The number of aliphatic hydroxyl groups is 1. The number of benzene rings is 3. The van der Waals surface area contributed by atoms with Crippen LogP contribution in [-0.4, -0.2) is 16.1 Å². The number of hydrogen-bond donors (Lipinski definition) is 3. The van der Waals surface area contributed by atoms with Crippen LogP contribution in [0.3, 0.4) is 0 Å². The minimum atomic E-state index is -0.588. The van der Waals surface area contributed by atoms with E-state index in [1.165, 1.54) is 35.5 Å². The second kappa shape index (κ2) is 10.4. The van der Waals surface area contributed by atoms with Crippen LogP contribution in [0.2, 0.25) is 5.02 Å². The van der Waals surface area contributed by atoms with Gasteiger partial charge in [0.05, 0.1) is 16.6 Å². The van der Waals surface area contributed by atoms with E-state index < -0.39 is 6.10 Å². The molecule has 0 spiro atoms. The zero-order chi connectivity index (χ0) is 22.9. The first-order valence-corrected chi connectivity index (χ1v) is 11.6. The molecule has 3 nitrogen and oxygen atoms in total. The molecule has 3 aromatic carbocycles. The number of fused-ring (bicyclic) bond motifs is 3. The van der Waals surface area contributed by atoms with Crippen molar-refractivity contribution in [2.45, 2.75) is 44.4 Å². The van der Waals surface area contributed by atoms with Crippen molar-refractivity contribution in [3.63, 3.8) is 0 Å². The summed E-state index contributed by atoms with van der Waals surface area (Å²) in [6.45, 7) is 0.717. The Morgan fingerprint density at radius 2 is 1.65 bits per heavy atom. The summed E-state index contributed by atoms with van der Waals surface area (Å²) in [5, 5.41) is 15.8. The van der Waals surface area contributed by atoms with Crippen LogP contribution in [0.5, 0.6) is 0 Å². The van der Waals surface area contributed by atoms with Gasteiger partial charge in [0.25, 0.3) is 0 Å². The van der Waals surface area contributed by atoms with Gasteiger partial charge >= 0.3 is 0 Å². The monoisotopic (exact) mass is 502 g/mol. The van der Waals surface area contributed by atoms with Gasteiger partial charge in [0, 0.05) is 30.1 Å². The summed E-state index contributed by atoms with van der Waals surface area (Å²) in [6, 6.07) is 16.7. The Kier molecular flexibility index (Phi) is 7.58. The first-order chi connectivity index (χ1) is 16.0. The van der Waals surface area contributed by atoms with E-state index in [0.717, 1.165) is 53.4 Å². The quantitative estimate of drug-likeness (QED) is 0.263. The molecule has 1 aliphatic rings. The van der Waals surface area contributed by atoms with Crippen molar-refractivity contribution in [3.8, 4) is 11.1 Å². The van der Waals surface area contributed by atoms with Gasteiger partial charge in [0.1, 0.15) is 11.6 Å². The lowest BCUT2D eigenvalue weighted by molar-refractivity contribution is 0.161. The SMILES string of the molecule is Cl.OC(CCCC1Cc2[nH]c3c(Cl)ccc(-c4ccc(F)cc4)c3c2CN1)c1ccc(F)cc1. The number of H-pyrrole nitrogens is 1. The zero-order valence-corrected chi connectivity index (χ0v) is 20.0. The van der Waals surface area contributed by atoms with E-state index in [0.29, 0.717) is 17.5 Å². The first-order valence-electron chi connectivity index (χ1n) is 11.2. The van der Waals surface area contributed by atoms with Crippen LogP contribution in [0.25, 0.3) is 22.0 Å². The minimum absolute atomic E-state index is 0. The highest BCUT2D eigenvalue weighted by molar-refractivity contribution is 6.35. The van der Waals surface area contributed by atoms with Gasteiger partial charge in [-0.05, 0) is 71.8 Å². The van der Waals surface area contributed by atoms with Crippen LogP contribution in [0.4, 0.5) is 8.78 Å². The summed E-state index contributed by atoms with van der Waals surface area (Å²) in [5.74, 6) is -0.553. The zero-order valence-electron chi connectivity index (χ0n) is 18.5. The maximum Gasteiger partial charge on any atom is 0.123 e. The molecule has 5 rings (SSSR count). The molecule has 0 radical (unpaired) electrons. The van der Waals surface area contributed by atoms with Gasteiger partial charge in [-0.15, -0.1) is 12.4 Å². The summed E-state index contributed by atoms with van der Waals surface area (Å²) >= 11 is 6.52. The highest BCUT2D eigenvalue weighted by Crippen LogP contribution is 2.38. The van der Waals surface area contributed by atoms with E-state index in [1.807, 2.05) is 12.1 Å². The molecule has 0 saturated carbocycles. The van der Waals surface area contributed by atoms with Gasteiger partial charge in [-0.2, -0.15) is 0 Å². The molecule has 4 aromatic rings. The summed E-state index contributed by atoms with van der Waals surface area (Å²) in [4.78, 5) is 3.54. The van der Waals surface area contributed by atoms with Gasteiger partial charge in [0.15, 0.2) is 0 Å². The second-order valence-corrected chi connectivity index (χ2v) is 9.12. The Morgan fingerprint density at radius 3 is 2.35 bits per heavy atom. The van der Waals surface area contributed by atoms with Crippen LogP contribution in [0.1, 0.15) is 42.2 Å². The molecule has 1 aromatic heterocycles. The summed E-state index contributed by atoms with van der Waals surface area (Å²) < 4.78 is 26.5. The highest BCUT2D eigenvalue weighted by Gasteiger charge is 2.24. The van der Waals surface area contributed by atoms with Crippen molar-refractivity contribution < 1.29 is 13.9 Å². The molecule has 7 heteroatoms. The number of nitrogens with one attached hydrogen (secondary N) is 2. The number of rotatable bonds is 6. The fraction of sp³-hybridized carbons (Fsp3) is 0.259. The average molecular weight is 503 g/mol. The third-order valence-corrected chi connectivity index (χ3v) is 6.87. The molecule has 2 heterocycles. The molecule has 3 N–H and O–H groups in total. The molecule has 1 aliphatic heterocycles. The Balaban J connectivity index is 0.00000274. The van der Waals surface area contributed by atoms with Gasteiger partial charge < -0.3 is 15.4 Å². The molecule has 178 valence electrons. The Bertz CT molecular complexity index is 1270. The molecule has 0 amide bonds.